The number of hydrogen-bond donors (Lipinski definition) is 1. The Labute approximate surface area is 116 Å². The van der Waals surface area contributed by atoms with Gasteiger partial charge in [-0.15, -0.1) is 0 Å². The van der Waals surface area contributed by atoms with Crippen molar-refractivity contribution in [3.8, 4) is 0 Å². The summed E-state index contributed by atoms with van der Waals surface area (Å²) < 4.78 is 0. The van der Waals surface area contributed by atoms with Gasteiger partial charge < -0.3 is 10.2 Å². The second kappa shape index (κ2) is 6.29. The van der Waals surface area contributed by atoms with E-state index in [4.69, 9.17) is 0 Å². The van der Waals surface area contributed by atoms with E-state index in [1.807, 2.05) is 11.8 Å². The lowest BCUT2D eigenvalue weighted by atomic mass is 10.1. The monoisotopic (exact) mass is 269 g/mol. The van der Waals surface area contributed by atoms with Crippen LogP contribution in [0.3, 0.4) is 0 Å². The Morgan fingerprint density at radius 1 is 1.39 bits per heavy atom. The molecule has 0 saturated carbocycles. The zero-order valence-electron chi connectivity index (χ0n) is 12.1. The predicted octanol–water partition coefficient (Wildman–Crippen LogP) is 2.43. The third-order valence-electron chi connectivity index (χ3n) is 4.01. The number of amidine groups is 1. The topological polar surface area (TPSA) is 27.6 Å². The first kappa shape index (κ1) is 14.2. The van der Waals surface area contributed by atoms with E-state index in [1.165, 1.54) is 24.7 Å². The Morgan fingerprint density at radius 2 is 2.17 bits per heavy atom. The highest BCUT2D eigenvalue weighted by molar-refractivity contribution is 8.14. The molecule has 2 unspecified atom stereocenters. The van der Waals surface area contributed by atoms with Crippen LogP contribution >= 0.6 is 11.8 Å². The minimum absolute atomic E-state index is 0.684. The quantitative estimate of drug-likeness (QED) is 0.849. The first-order chi connectivity index (χ1) is 8.56. The van der Waals surface area contributed by atoms with Crippen molar-refractivity contribution < 1.29 is 0 Å². The normalized spacial score (nSPS) is 29.3. The van der Waals surface area contributed by atoms with E-state index in [1.54, 1.807) is 0 Å². The molecule has 0 aromatic heterocycles. The van der Waals surface area contributed by atoms with Crippen LogP contribution < -0.4 is 5.32 Å². The first-order valence-electron chi connectivity index (χ1n) is 7.25. The van der Waals surface area contributed by atoms with E-state index in [0.717, 1.165) is 24.9 Å². The van der Waals surface area contributed by atoms with E-state index in [0.29, 0.717) is 11.3 Å². The molecule has 1 N–H and O–H groups in total. The van der Waals surface area contributed by atoms with Gasteiger partial charge in [-0.3, -0.25) is 4.99 Å². The van der Waals surface area contributed by atoms with Crippen molar-refractivity contribution in [1.82, 2.24) is 10.2 Å². The molecule has 0 radical (unpaired) electrons. The summed E-state index contributed by atoms with van der Waals surface area (Å²) in [6.45, 7) is 13.8. The highest BCUT2D eigenvalue weighted by Gasteiger charge is 2.26. The van der Waals surface area contributed by atoms with Crippen LogP contribution in [0.25, 0.3) is 0 Å². The van der Waals surface area contributed by atoms with E-state index in [-0.39, 0.29) is 0 Å². The molecule has 0 spiro atoms. The first-order valence-corrected chi connectivity index (χ1v) is 8.13. The molecule has 2 aliphatic rings. The lowest BCUT2D eigenvalue weighted by Gasteiger charge is -2.20. The highest BCUT2D eigenvalue weighted by Crippen LogP contribution is 2.26. The van der Waals surface area contributed by atoms with E-state index in [2.05, 4.69) is 42.9 Å². The van der Waals surface area contributed by atoms with Gasteiger partial charge in [-0.2, -0.15) is 0 Å². The third-order valence-corrected chi connectivity index (χ3v) is 5.50. The van der Waals surface area contributed by atoms with Crippen molar-refractivity contribution in [3.63, 3.8) is 0 Å². The number of nitrogens with zero attached hydrogens (tertiary/aromatic N) is 2. The molecule has 1 fully saturated rings. The van der Waals surface area contributed by atoms with Crippen LogP contribution in [-0.4, -0.2) is 47.5 Å². The second-order valence-corrected chi connectivity index (χ2v) is 7.40. The maximum atomic E-state index is 4.61. The maximum absolute atomic E-state index is 4.61. The van der Waals surface area contributed by atoms with Gasteiger partial charge in [-0.25, -0.2) is 0 Å². The molecular formula is C14H27N3S. The Balaban J connectivity index is 1.68. The van der Waals surface area contributed by atoms with Crippen molar-refractivity contribution in [1.29, 1.82) is 0 Å². The van der Waals surface area contributed by atoms with Gasteiger partial charge in [0.15, 0.2) is 5.17 Å². The molecule has 4 heteroatoms. The summed E-state index contributed by atoms with van der Waals surface area (Å²) in [5.41, 5.74) is 0. The van der Waals surface area contributed by atoms with Gasteiger partial charge in [0.1, 0.15) is 0 Å². The minimum Gasteiger partial charge on any atom is -0.365 e. The largest absolute Gasteiger partial charge is 0.365 e. The summed E-state index contributed by atoms with van der Waals surface area (Å²) in [5.74, 6) is 1.52. The zero-order chi connectivity index (χ0) is 13.1. The molecule has 0 aromatic carbocycles. The van der Waals surface area contributed by atoms with E-state index >= 15 is 0 Å². The molecule has 2 rings (SSSR count). The number of likely N-dealkylation sites (tertiary alicyclic amines) is 1. The van der Waals surface area contributed by atoms with Crippen LogP contribution in [0, 0.1) is 11.8 Å². The zero-order valence-corrected chi connectivity index (χ0v) is 13.0. The van der Waals surface area contributed by atoms with Crippen molar-refractivity contribution >= 4 is 16.9 Å². The molecular weight excluding hydrogens is 242 g/mol. The Bertz CT molecular complexity index is 301. The fourth-order valence-electron chi connectivity index (χ4n) is 2.57. The summed E-state index contributed by atoms with van der Waals surface area (Å²) >= 11 is 1.93. The van der Waals surface area contributed by atoms with Gasteiger partial charge in [-0.05, 0) is 38.6 Å². The van der Waals surface area contributed by atoms with Crippen molar-refractivity contribution in [2.75, 3.05) is 26.2 Å². The molecule has 2 atom stereocenters. The number of aliphatic imine (C=N–C) groups is 1. The van der Waals surface area contributed by atoms with Crippen molar-refractivity contribution in [2.24, 2.45) is 16.8 Å². The standard InChI is InChI=1S/C14H27N3S/c1-10(2)13-8-16-14(18-13)15-7-12-5-6-17(9-12)11(3)4/h10-13H,5-9H2,1-4H3,(H,15,16). The molecule has 3 nitrogen and oxygen atoms in total. The summed E-state index contributed by atoms with van der Waals surface area (Å²) in [6.07, 6.45) is 1.33. The lowest BCUT2D eigenvalue weighted by Crippen LogP contribution is -2.32. The number of thioether (sulfide) groups is 1. The Hall–Kier alpha value is -0.220. The van der Waals surface area contributed by atoms with Crippen molar-refractivity contribution in [3.05, 3.63) is 0 Å². The Morgan fingerprint density at radius 3 is 2.72 bits per heavy atom. The summed E-state index contributed by atoms with van der Waals surface area (Å²) in [5, 5.41) is 5.42. The number of nitrogens with one attached hydrogen (secondary N) is 1. The number of hydrogen-bond acceptors (Lipinski definition) is 4. The van der Waals surface area contributed by atoms with Gasteiger partial charge in [0.2, 0.25) is 0 Å². The van der Waals surface area contributed by atoms with Crippen LogP contribution in [0.1, 0.15) is 34.1 Å². The van der Waals surface area contributed by atoms with Gasteiger partial charge >= 0.3 is 0 Å². The summed E-state index contributed by atoms with van der Waals surface area (Å²) in [7, 11) is 0. The van der Waals surface area contributed by atoms with Crippen LogP contribution in [0.5, 0.6) is 0 Å². The lowest BCUT2D eigenvalue weighted by molar-refractivity contribution is 0.265. The third kappa shape index (κ3) is 3.64. The van der Waals surface area contributed by atoms with Crippen LogP contribution in [0.4, 0.5) is 0 Å². The molecule has 0 aliphatic carbocycles. The van der Waals surface area contributed by atoms with Crippen LogP contribution in [0.15, 0.2) is 4.99 Å². The highest BCUT2D eigenvalue weighted by atomic mass is 32.2. The number of rotatable bonds is 4. The SMILES string of the molecule is CC(C)C1CN=C(NCC2CCN(C(C)C)C2)S1. The molecule has 1 saturated heterocycles. The molecule has 2 aliphatic heterocycles. The maximum Gasteiger partial charge on any atom is 0.156 e. The molecule has 18 heavy (non-hydrogen) atoms. The van der Waals surface area contributed by atoms with Gasteiger partial charge in [0, 0.05) is 24.4 Å². The average Bonchev–Trinajstić information content (AvgIpc) is 2.95. The van der Waals surface area contributed by atoms with Gasteiger partial charge in [0.25, 0.3) is 0 Å². The van der Waals surface area contributed by atoms with Crippen LogP contribution in [0.2, 0.25) is 0 Å². The molecule has 2 heterocycles. The van der Waals surface area contributed by atoms with E-state index in [9.17, 15) is 0 Å². The molecule has 0 bridgehead atoms. The fourth-order valence-corrected chi connectivity index (χ4v) is 3.59. The average molecular weight is 269 g/mol. The predicted molar refractivity (Wildman–Crippen MR) is 81.3 cm³/mol. The molecule has 0 aromatic rings. The fraction of sp³-hybridized carbons (Fsp3) is 0.929. The summed E-state index contributed by atoms with van der Waals surface area (Å²) in [6, 6.07) is 0.693. The van der Waals surface area contributed by atoms with Crippen molar-refractivity contribution in [2.45, 2.75) is 45.4 Å². The van der Waals surface area contributed by atoms with Gasteiger partial charge in [-0.1, -0.05) is 25.6 Å². The summed E-state index contributed by atoms with van der Waals surface area (Å²) in [4.78, 5) is 7.18. The van der Waals surface area contributed by atoms with Gasteiger partial charge in [0.05, 0.1) is 6.54 Å². The smallest absolute Gasteiger partial charge is 0.156 e. The Kier molecular flexibility index (Phi) is 4.96. The van der Waals surface area contributed by atoms with Crippen LogP contribution in [-0.2, 0) is 0 Å². The minimum atomic E-state index is 0.684. The second-order valence-electron chi connectivity index (χ2n) is 6.17. The molecule has 0 amide bonds. The molecule has 104 valence electrons. The van der Waals surface area contributed by atoms with E-state index < -0.39 is 0 Å².